The average molecular weight is 453 g/mol. The first-order valence-corrected chi connectivity index (χ1v) is 10.7. The zero-order valence-electron chi connectivity index (χ0n) is 17.0. The van der Waals surface area contributed by atoms with Crippen LogP contribution in [0, 0.1) is 0 Å². The van der Waals surface area contributed by atoms with Gasteiger partial charge in [-0.2, -0.15) is 18.2 Å². The van der Waals surface area contributed by atoms with Gasteiger partial charge in [-0.3, -0.25) is 0 Å². The fraction of sp³-hybridized carbons (Fsp3) is 0. The average Bonchev–Trinajstić information content (AvgIpc) is 3.48. The van der Waals surface area contributed by atoms with Crippen molar-refractivity contribution in [3.05, 3.63) is 79.0 Å². The van der Waals surface area contributed by atoms with Crippen molar-refractivity contribution in [2.24, 2.45) is 0 Å². The highest BCUT2D eigenvalue weighted by Gasteiger charge is 2.14. The summed E-state index contributed by atoms with van der Waals surface area (Å²) in [6.45, 7) is 0. The maximum atomic E-state index is 10.7. The third kappa shape index (κ3) is 3.68. The van der Waals surface area contributed by atoms with Gasteiger partial charge in [0.05, 0.1) is 17.3 Å². The van der Waals surface area contributed by atoms with Gasteiger partial charge in [0.25, 0.3) is 5.78 Å². The van der Waals surface area contributed by atoms with Gasteiger partial charge in [0.15, 0.2) is 0 Å². The number of hydrogen-bond acceptors (Lipinski definition) is 9. The van der Waals surface area contributed by atoms with Gasteiger partial charge >= 0.3 is 0 Å². The number of nitrogens with one attached hydrogen (secondary N) is 1. The lowest BCUT2D eigenvalue weighted by molar-refractivity contribution is 0.438. The lowest BCUT2D eigenvalue weighted by Gasteiger charge is -2.07. The van der Waals surface area contributed by atoms with Crippen LogP contribution in [0.15, 0.2) is 79.0 Å². The molecule has 0 radical (unpaired) electrons. The van der Waals surface area contributed by atoms with Gasteiger partial charge < -0.3 is 15.2 Å². The van der Waals surface area contributed by atoms with Crippen molar-refractivity contribution >= 4 is 40.2 Å². The van der Waals surface area contributed by atoms with Crippen LogP contribution in [-0.4, -0.2) is 33.4 Å². The van der Waals surface area contributed by atoms with Crippen molar-refractivity contribution in [3.63, 3.8) is 0 Å². The molecule has 0 spiro atoms. The largest absolute Gasteiger partial charge is 0.493 e. The lowest BCUT2D eigenvalue weighted by Crippen LogP contribution is -1.95. The normalized spacial score (nSPS) is 11.2. The van der Waals surface area contributed by atoms with E-state index in [-0.39, 0.29) is 5.88 Å². The molecular formula is C23H15N7O2S. The van der Waals surface area contributed by atoms with E-state index in [2.05, 4.69) is 29.1 Å². The van der Waals surface area contributed by atoms with E-state index < -0.39 is 0 Å². The van der Waals surface area contributed by atoms with Crippen molar-refractivity contribution in [1.29, 1.82) is 0 Å². The fourth-order valence-corrected chi connectivity index (χ4v) is 3.91. The van der Waals surface area contributed by atoms with Gasteiger partial charge in [-0.25, -0.2) is 4.98 Å². The summed E-state index contributed by atoms with van der Waals surface area (Å²) in [5.41, 5.74) is 3.84. The van der Waals surface area contributed by atoms with Gasteiger partial charge in [-0.1, -0.05) is 30.3 Å². The van der Waals surface area contributed by atoms with Crippen LogP contribution < -0.4 is 10.1 Å². The third-order valence-corrected chi connectivity index (χ3v) is 5.55. The van der Waals surface area contributed by atoms with E-state index in [9.17, 15) is 5.11 Å². The number of rotatable bonds is 5. The quantitative estimate of drug-likeness (QED) is 0.374. The highest BCUT2D eigenvalue weighted by atomic mass is 32.1. The molecule has 3 aromatic carbocycles. The second-order valence-electron chi connectivity index (χ2n) is 7.17. The molecule has 3 heterocycles. The molecule has 160 valence electrons. The molecule has 0 aliphatic heterocycles. The summed E-state index contributed by atoms with van der Waals surface area (Å²) >= 11 is 1.17. The zero-order chi connectivity index (χ0) is 22.2. The summed E-state index contributed by atoms with van der Waals surface area (Å²) in [4.78, 5) is 8.66. The predicted molar refractivity (Wildman–Crippen MR) is 125 cm³/mol. The molecule has 0 unspecified atom stereocenters. The summed E-state index contributed by atoms with van der Waals surface area (Å²) in [6, 6.07) is 22.5. The maximum Gasteiger partial charge on any atom is 0.257 e. The van der Waals surface area contributed by atoms with Gasteiger partial charge in [0.2, 0.25) is 11.8 Å². The smallest absolute Gasteiger partial charge is 0.257 e. The number of aromatic nitrogens is 6. The number of ether oxygens (including phenoxy) is 1. The summed E-state index contributed by atoms with van der Waals surface area (Å²) in [5.74, 6) is 1.95. The Hall–Kier alpha value is -4.57. The topological polar surface area (TPSA) is 110 Å². The van der Waals surface area contributed by atoms with Crippen LogP contribution in [0.4, 0.5) is 11.6 Å². The maximum absolute atomic E-state index is 10.7. The van der Waals surface area contributed by atoms with Crippen LogP contribution in [0.2, 0.25) is 0 Å². The van der Waals surface area contributed by atoms with Crippen LogP contribution in [0.1, 0.15) is 0 Å². The van der Waals surface area contributed by atoms with Crippen molar-refractivity contribution in [2.45, 2.75) is 0 Å². The summed E-state index contributed by atoms with van der Waals surface area (Å²) < 4.78 is 15.6. The Morgan fingerprint density at radius 2 is 1.67 bits per heavy atom. The molecule has 0 atom stereocenters. The van der Waals surface area contributed by atoms with E-state index in [0.29, 0.717) is 28.8 Å². The number of nitrogens with zero attached hydrogens (tertiary/aromatic N) is 6. The minimum Gasteiger partial charge on any atom is -0.493 e. The predicted octanol–water partition coefficient (Wildman–Crippen LogP) is 5.04. The van der Waals surface area contributed by atoms with Crippen LogP contribution in [-0.2, 0) is 0 Å². The molecule has 0 bridgehead atoms. The van der Waals surface area contributed by atoms with Gasteiger partial charge in [0.1, 0.15) is 22.5 Å². The van der Waals surface area contributed by atoms with Crippen molar-refractivity contribution in [1.82, 2.24) is 28.3 Å². The van der Waals surface area contributed by atoms with Crippen LogP contribution in [0.25, 0.3) is 27.9 Å². The molecule has 0 fully saturated rings. The first kappa shape index (κ1) is 19.1. The van der Waals surface area contributed by atoms with E-state index in [1.165, 1.54) is 16.2 Å². The van der Waals surface area contributed by atoms with Crippen LogP contribution in [0.5, 0.6) is 17.4 Å². The Morgan fingerprint density at radius 3 is 2.52 bits per heavy atom. The zero-order valence-corrected chi connectivity index (χ0v) is 17.8. The molecule has 9 nitrogen and oxygen atoms in total. The molecule has 6 aromatic rings. The molecule has 2 N–H and O–H groups in total. The molecule has 33 heavy (non-hydrogen) atoms. The van der Waals surface area contributed by atoms with E-state index in [1.54, 1.807) is 6.20 Å². The summed E-state index contributed by atoms with van der Waals surface area (Å²) in [5, 5.41) is 18.2. The molecule has 0 aliphatic rings. The van der Waals surface area contributed by atoms with Crippen LogP contribution in [0.3, 0.4) is 0 Å². The Balaban J connectivity index is 1.21. The third-order valence-electron chi connectivity index (χ3n) is 5.00. The van der Waals surface area contributed by atoms with Crippen LogP contribution >= 0.6 is 11.7 Å². The Kier molecular flexibility index (Phi) is 4.55. The molecule has 10 heteroatoms. The summed E-state index contributed by atoms with van der Waals surface area (Å²) in [6.07, 6.45) is 1.59. The number of aromatic hydroxyl groups is 1. The Labute approximate surface area is 191 Å². The van der Waals surface area contributed by atoms with Gasteiger partial charge in [0, 0.05) is 18.0 Å². The summed E-state index contributed by atoms with van der Waals surface area (Å²) in [7, 11) is 0. The van der Waals surface area contributed by atoms with E-state index in [1.807, 2.05) is 72.8 Å². The standard InChI is InChI=1S/C23H15N7O2S/c31-21-18(14-4-2-1-3-5-14)13-24-23-26-22(27-30(21)23)25-15-6-8-16(9-7-15)32-17-10-11-19-20(12-17)29-33-28-19/h1-13,31H,(H,25,27). The molecule has 3 aromatic heterocycles. The van der Waals surface area contributed by atoms with E-state index >= 15 is 0 Å². The molecule has 0 amide bonds. The molecule has 0 saturated heterocycles. The van der Waals surface area contributed by atoms with E-state index in [4.69, 9.17) is 4.74 Å². The first-order valence-electron chi connectivity index (χ1n) is 10.0. The minimum absolute atomic E-state index is 0.0252. The fourth-order valence-electron chi connectivity index (χ4n) is 3.39. The number of fused-ring (bicyclic) bond motifs is 2. The number of hydrogen-bond donors (Lipinski definition) is 2. The first-order chi connectivity index (χ1) is 16.2. The monoisotopic (exact) mass is 453 g/mol. The Morgan fingerprint density at radius 1 is 0.879 bits per heavy atom. The van der Waals surface area contributed by atoms with Crippen molar-refractivity contribution in [3.8, 4) is 28.5 Å². The molecule has 6 rings (SSSR count). The van der Waals surface area contributed by atoms with Gasteiger partial charge in [-0.15, -0.1) is 5.10 Å². The van der Waals surface area contributed by atoms with Crippen molar-refractivity contribution < 1.29 is 9.84 Å². The minimum atomic E-state index is -0.0252. The molecular weight excluding hydrogens is 438 g/mol. The molecule has 0 aliphatic carbocycles. The Bertz CT molecular complexity index is 1580. The van der Waals surface area contributed by atoms with Gasteiger partial charge in [-0.05, 0) is 42.0 Å². The molecule has 0 saturated carbocycles. The number of anilines is 2. The highest BCUT2D eigenvalue weighted by molar-refractivity contribution is 7.00. The second kappa shape index (κ2) is 7.84. The SMILES string of the molecule is Oc1c(-c2ccccc2)cnc2nc(Nc3ccc(Oc4ccc5nsnc5c4)cc3)nn12. The van der Waals surface area contributed by atoms with E-state index in [0.717, 1.165) is 22.3 Å². The van der Waals surface area contributed by atoms with Crippen molar-refractivity contribution in [2.75, 3.05) is 5.32 Å². The second-order valence-corrected chi connectivity index (χ2v) is 7.70. The number of benzene rings is 3. The lowest BCUT2D eigenvalue weighted by atomic mass is 10.1. The highest BCUT2D eigenvalue weighted by Crippen LogP contribution is 2.29.